The summed E-state index contributed by atoms with van der Waals surface area (Å²) >= 11 is 0. The predicted molar refractivity (Wildman–Crippen MR) is 70.0 cm³/mol. The molecule has 1 atom stereocenters. The van der Waals surface area contributed by atoms with Gasteiger partial charge < -0.3 is 5.43 Å². The van der Waals surface area contributed by atoms with Crippen molar-refractivity contribution >= 4 is 11.4 Å². The average molecular weight is 250 g/mol. The minimum absolute atomic E-state index is 0.0299. The van der Waals surface area contributed by atoms with Crippen LogP contribution < -0.4 is 11.3 Å². The standard InChI is InChI=1S/C12H18N4O2/c1-9-5-6-15(7-9)8-10-3-2-4-11(16(17)18)12(10)14-13/h2-4,9,14H,5-8,13H2,1H3. The van der Waals surface area contributed by atoms with E-state index in [9.17, 15) is 10.1 Å². The van der Waals surface area contributed by atoms with Crippen molar-refractivity contribution in [2.45, 2.75) is 19.9 Å². The van der Waals surface area contributed by atoms with Gasteiger partial charge in [-0.05, 0) is 24.4 Å². The van der Waals surface area contributed by atoms with Crippen LogP contribution in [-0.4, -0.2) is 22.9 Å². The second-order valence-electron chi connectivity index (χ2n) is 4.84. The Bertz CT molecular complexity index is 450. The Morgan fingerprint density at radius 1 is 1.61 bits per heavy atom. The molecule has 0 radical (unpaired) electrons. The molecule has 0 saturated carbocycles. The van der Waals surface area contributed by atoms with Crippen LogP contribution >= 0.6 is 0 Å². The van der Waals surface area contributed by atoms with Crippen molar-refractivity contribution in [2.75, 3.05) is 18.5 Å². The van der Waals surface area contributed by atoms with Crippen LogP contribution in [0.15, 0.2) is 18.2 Å². The number of hydrogen-bond donors (Lipinski definition) is 2. The van der Waals surface area contributed by atoms with Gasteiger partial charge in [-0.1, -0.05) is 19.1 Å². The third-order valence-corrected chi connectivity index (χ3v) is 3.37. The number of anilines is 1. The van der Waals surface area contributed by atoms with Crippen LogP contribution in [0.2, 0.25) is 0 Å². The molecule has 2 rings (SSSR count). The van der Waals surface area contributed by atoms with E-state index in [2.05, 4.69) is 17.2 Å². The van der Waals surface area contributed by atoms with Gasteiger partial charge in [-0.15, -0.1) is 0 Å². The topological polar surface area (TPSA) is 84.4 Å². The summed E-state index contributed by atoms with van der Waals surface area (Å²) in [6.07, 6.45) is 1.18. The molecule has 3 N–H and O–H groups in total. The number of benzene rings is 1. The first-order chi connectivity index (χ1) is 8.61. The Kier molecular flexibility index (Phi) is 3.78. The highest BCUT2D eigenvalue weighted by Crippen LogP contribution is 2.29. The number of hydrogen-bond acceptors (Lipinski definition) is 5. The monoisotopic (exact) mass is 250 g/mol. The molecule has 1 aromatic carbocycles. The van der Waals surface area contributed by atoms with Crippen molar-refractivity contribution in [1.82, 2.24) is 4.90 Å². The van der Waals surface area contributed by atoms with Crippen LogP contribution in [0.1, 0.15) is 18.9 Å². The molecule has 1 aliphatic heterocycles. The number of nitro groups is 1. The number of hydrazine groups is 1. The quantitative estimate of drug-likeness (QED) is 0.483. The number of nitrogen functional groups attached to an aromatic ring is 1. The minimum Gasteiger partial charge on any atom is -0.318 e. The fraction of sp³-hybridized carbons (Fsp3) is 0.500. The van der Waals surface area contributed by atoms with Crippen molar-refractivity contribution in [1.29, 1.82) is 0 Å². The molecule has 98 valence electrons. The first kappa shape index (κ1) is 12.8. The van der Waals surface area contributed by atoms with E-state index in [4.69, 9.17) is 5.84 Å². The summed E-state index contributed by atoms with van der Waals surface area (Å²) in [7, 11) is 0. The lowest BCUT2D eigenvalue weighted by Gasteiger charge is -2.17. The predicted octanol–water partition coefficient (Wildman–Crippen LogP) is 1.72. The number of nitrogens with two attached hydrogens (primary N) is 1. The fourth-order valence-corrected chi connectivity index (χ4v) is 2.45. The van der Waals surface area contributed by atoms with Crippen LogP contribution in [0.25, 0.3) is 0 Å². The van der Waals surface area contributed by atoms with Crippen LogP contribution in [-0.2, 0) is 6.54 Å². The van der Waals surface area contributed by atoms with Gasteiger partial charge in [0.25, 0.3) is 5.69 Å². The maximum Gasteiger partial charge on any atom is 0.293 e. The van der Waals surface area contributed by atoms with Crippen LogP contribution in [0.4, 0.5) is 11.4 Å². The van der Waals surface area contributed by atoms with Crippen molar-refractivity contribution in [3.63, 3.8) is 0 Å². The Balaban J connectivity index is 2.22. The zero-order valence-electron chi connectivity index (χ0n) is 10.4. The van der Waals surface area contributed by atoms with Crippen LogP contribution in [0.5, 0.6) is 0 Å². The molecule has 1 heterocycles. The van der Waals surface area contributed by atoms with Gasteiger partial charge >= 0.3 is 0 Å². The Hall–Kier alpha value is -1.66. The first-order valence-corrected chi connectivity index (χ1v) is 6.07. The van der Waals surface area contributed by atoms with Gasteiger partial charge in [-0.3, -0.25) is 20.9 Å². The van der Waals surface area contributed by atoms with E-state index >= 15 is 0 Å². The molecule has 1 aliphatic rings. The number of likely N-dealkylation sites (tertiary alicyclic amines) is 1. The lowest BCUT2D eigenvalue weighted by atomic mass is 10.1. The second-order valence-corrected chi connectivity index (χ2v) is 4.84. The van der Waals surface area contributed by atoms with Crippen molar-refractivity contribution in [3.05, 3.63) is 33.9 Å². The fourth-order valence-electron chi connectivity index (χ4n) is 2.45. The van der Waals surface area contributed by atoms with Crippen molar-refractivity contribution < 1.29 is 4.92 Å². The highest BCUT2D eigenvalue weighted by atomic mass is 16.6. The van der Waals surface area contributed by atoms with Crippen LogP contribution in [0.3, 0.4) is 0 Å². The van der Waals surface area contributed by atoms with Gasteiger partial charge in [-0.2, -0.15) is 0 Å². The highest BCUT2D eigenvalue weighted by molar-refractivity contribution is 5.65. The number of rotatable bonds is 4. The van der Waals surface area contributed by atoms with E-state index in [1.54, 1.807) is 6.07 Å². The number of para-hydroxylation sites is 1. The zero-order valence-corrected chi connectivity index (χ0v) is 10.4. The molecule has 0 aliphatic carbocycles. The van der Waals surface area contributed by atoms with E-state index < -0.39 is 4.92 Å². The van der Waals surface area contributed by atoms with Crippen LogP contribution in [0, 0.1) is 16.0 Å². The summed E-state index contributed by atoms with van der Waals surface area (Å²) in [5.74, 6) is 6.11. The molecule has 0 bridgehead atoms. The molecular weight excluding hydrogens is 232 g/mol. The summed E-state index contributed by atoms with van der Waals surface area (Å²) in [5, 5.41) is 10.9. The van der Waals surface area contributed by atoms with Gasteiger partial charge in [-0.25, -0.2) is 0 Å². The van der Waals surface area contributed by atoms with Gasteiger partial charge in [0, 0.05) is 19.2 Å². The molecule has 0 spiro atoms. The highest BCUT2D eigenvalue weighted by Gasteiger charge is 2.22. The smallest absolute Gasteiger partial charge is 0.293 e. The lowest BCUT2D eigenvalue weighted by molar-refractivity contribution is -0.384. The molecule has 1 saturated heterocycles. The van der Waals surface area contributed by atoms with Gasteiger partial charge in [0.05, 0.1) is 4.92 Å². The zero-order chi connectivity index (χ0) is 13.1. The first-order valence-electron chi connectivity index (χ1n) is 6.07. The molecule has 1 aromatic rings. The van der Waals surface area contributed by atoms with Crippen molar-refractivity contribution in [2.24, 2.45) is 11.8 Å². The summed E-state index contributed by atoms with van der Waals surface area (Å²) in [6.45, 7) is 4.99. The van der Waals surface area contributed by atoms with E-state index in [1.807, 2.05) is 6.07 Å². The van der Waals surface area contributed by atoms with Crippen molar-refractivity contribution in [3.8, 4) is 0 Å². The Labute approximate surface area is 106 Å². The molecular formula is C12H18N4O2. The Morgan fingerprint density at radius 3 is 2.94 bits per heavy atom. The van der Waals surface area contributed by atoms with Gasteiger partial charge in [0.15, 0.2) is 0 Å². The van der Waals surface area contributed by atoms with Gasteiger partial charge in [0.1, 0.15) is 5.69 Å². The average Bonchev–Trinajstić information content (AvgIpc) is 2.74. The third-order valence-electron chi connectivity index (χ3n) is 3.37. The lowest BCUT2D eigenvalue weighted by Crippen LogP contribution is -2.21. The molecule has 0 aromatic heterocycles. The number of nitro benzene ring substituents is 1. The van der Waals surface area contributed by atoms with E-state index in [-0.39, 0.29) is 5.69 Å². The maximum absolute atomic E-state index is 10.9. The summed E-state index contributed by atoms with van der Waals surface area (Å²) in [5.41, 5.74) is 3.79. The molecule has 1 unspecified atom stereocenters. The number of nitrogens with zero attached hydrogens (tertiary/aromatic N) is 2. The molecule has 6 nitrogen and oxygen atoms in total. The normalized spacial score (nSPS) is 20.0. The van der Waals surface area contributed by atoms with E-state index in [0.717, 1.165) is 18.7 Å². The molecule has 0 amide bonds. The SMILES string of the molecule is CC1CCN(Cc2cccc([N+](=O)[O-])c2NN)C1. The summed E-state index contributed by atoms with van der Waals surface area (Å²) in [6, 6.07) is 5.05. The molecule has 1 fully saturated rings. The minimum atomic E-state index is -0.411. The van der Waals surface area contributed by atoms with E-state index in [0.29, 0.717) is 18.2 Å². The molecule has 6 heteroatoms. The summed E-state index contributed by atoms with van der Waals surface area (Å²) < 4.78 is 0. The number of nitrogens with one attached hydrogen (secondary N) is 1. The Morgan fingerprint density at radius 2 is 2.39 bits per heavy atom. The van der Waals surface area contributed by atoms with E-state index in [1.165, 1.54) is 12.5 Å². The molecule has 18 heavy (non-hydrogen) atoms. The largest absolute Gasteiger partial charge is 0.318 e. The third kappa shape index (κ3) is 2.60. The summed E-state index contributed by atoms with van der Waals surface area (Å²) in [4.78, 5) is 12.8. The maximum atomic E-state index is 10.9. The van der Waals surface area contributed by atoms with Gasteiger partial charge in [0.2, 0.25) is 0 Å². The second kappa shape index (κ2) is 5.32.